The van der Waals surface area contributed by atoms with Gasteiger partial charge < -0.3 is 4.90 Å². The number of benzene rings is 1. The summed E-state index contributed by atoms with van der Waals surface area (Å²) < 4.78 is 0. The Hall–Kier alpha value is -1.57. The zero-order valence-electron chi connectivity index (χ0n) is 18.7. The molecule has 0 aromatic heterocycles. The summed E-state index contributed by atoms with van der Waals surface area (Å²) in [5, 5.41) is 0. The lowest BCUT2D eigenvalue weighted by Crippen LogP contribution is -2.28. The molecule has 0 radical (unpaired) electrons. The molecule has 0 spiro atoms. The smallest absolute Gasteiger partial charge is 0.248 e. The van der Waals surface area contributed by atoms with Crippen molar-refractivity contribution in [3.63, 3.8) is 0 Å². The molecule has 2 nitrogen and oxygen atoms in total. The molecule has 0 atom stereocenters. The Morgan fingerprint density at radius 3 is 2.36 bits per heavy atom. The number of unbranched alkanes of at least 4 members (excludes halogenated alkanes) is 2. The molecule has 1 aromatic carbocycles. The summed E-state index contributed by atoms with van der Waals surface area (Å²) in [4.78, 5) is 13.9. The lowest BCUT2D eigenvalue weighted by atomic mass is 9.77. The third kappa shape index (κ3) is 7.11. The molecule has 1 aliphatic rings. The maximum Gasteiger partial charge on any atom is 0.248 e. The van der Waals surface area contributed by atoms with Gasteiger partial charge in [-0.3, -0.25) is 4.79 Å². The number of carbonyl (C=O) groups is 1. The Morgan fingerprint density at radius 2 is 1.75 bits per heavy atom. The average molecular weight is 384 g/mol. The monoisotopic (exact) mass is 383 g/mol. The Morgan fingerprint density at radius 1 is 1.07 bits per heavy atom. The lowest BCUT2D eigenvalue weighted by molar-refractivity contribution is -0.125. The van der Waals surface area contributed by atoms with Crippen LogP contribution in [0.25, 0.3) is 0 Å². The van der Waals surface area contributed by atoms with Crippen LogP contribution in [0.2, 0.25) is 0 Å². The van der Waals surface area contributed by atoms with E-state index < -0.39 is 0 Å². The molecule has 1 fully saturated rings. The van der Waals surface area contributed by atoms with E-state index in [0.717, 1.165) is 36.8 Å². The molecular formula is C26H41NO. The van der Waals surface area contributed by atoms with E-state index in [1.54, 1.807) is 0 Å². The minimum absolute atomic E-state index is 0.142. The standard InChI is InChI=1S/C26H41NO/c1-5-7-8-10-22-12-16-24(17-13-22)25-18-14-23(15-19-25)11-9-20-27(4)26(28)21(3)6-2/h6,14-15,18-19,22,24H,5,7-13,16-17,20H2,1-4H3/b21-6+. The van der Waals surface area contributed by atoms with E-state index in [1.807, 2.05) is 31.9 Å². The molecule has 0 saturated heterocycles. The molecule has 2 heteroatoms. The molecule has 28 heavy (non-hydrogen) atoms. The van der Waals surface area contributed by atoms with Crippen LogP contribution < -0.4 is 0 Å². The zero-order valence-corrected chi connectivity index (χ0v) is 18.7. The summed E-state index contributed by atoms with van der Waals surface area (Å²) in [5.41, 5.74) is 3.75. The van der Waals surface area contributed by atoms with Crippen molar-refractivity contribution in [2.45, 2.75) is 90.9 Å². The molecule has 1 saturated carbocycles. The summed E-state index contributed by atoms with van der Waals surface area (Å²) >= 11 is 0. The molecule has 0 bridgehead atoms. The number of nitrogens with zero attached hydrogens (tertiary/aromatic N) is 1. The molecule has 1 aliphatic carbocycles. The molecule has 0 unspecified atom stereocenters. The normalized spacial score (nSPS) is 20.2. The van der Waals surface area contributed by atoms with Crippen molar-refractivity contribution in [3.8, 4) is 0 Å². The van der Waals surface area contributed by atoms with Gasteiger partial charge in [0.1, 0.15) is 0 Å². The van der Waals surface area contributed by atoms with Gasteiger partial charge in [0, 0.05) is 19.2 Å². The van der Waals surface area contributed by atoms with Crippen LogP contribution in [-0.2, 0) is 11.2 Å². The van der Waals surface area contributed by atoms with E-state index in [1.165, 1.54) is 62.5 Å². The van der Waals surface area contributed by atoms with Crippen molar-refractivity contribution >= 4 is 5.91 Å². The van der Waals surface area contributed by atoms with Gasteiger partial charge in [0.15, 0.2) is 0 Å². The van der Waals surface area contributed by atoms with Crippen molar-refractivity contribution in [1.82, 2.24) is 4.90 Å². The van der Waals surface area contributed by atoms with Gasteiger partial charge in [-0.05, 0) is 75.3 Å². The van der Waals surface area contributed by atoms with Gasteiger partial charge in [0.25, 0.3) is 0 Å². The van der Waals surface area contributed by atoms with Crippen LogP contribution in [0.3, 0.4) is 0 Å². The summed E-state index contributed by atoms with van der Waals surface area (Å²) in [6, 6.07) is 9.33. The first-order valence-electron chi connectivity index (χ1n) is 11.5. The van der Waals surface area contributed by atoms with E-state index in [9.17, 15) is 4.79 Å². The predicted molar refractivity (Wildman–Crippen MR) is 121 cm³/mol. The Labute approximate surface area is 173 Å². The van der Waals surface area contributed by atoms with Crippen LogP contribution in [-0.4, -0.2) is 24.4 Å². The molecule has 156 valence electrons. The molecule has 2 rings (SSSR count). The molecule has 1 amide bonds. The minimum Gasteiger partial charge on any atom is -0.342 e. The SMILES string of the molecule is C/C=C(\C)C(=O)N(C)CCCc1ccc(C2CCC(CCCCC)CC2)cc1. The van der Waals surface area contributed by atoms with E-state index in [4.69, 9.17) is 0 Å². The third-order valence-electron chi connectivity index (χ3n) is 6.59. The van der Waals surface area contributed by atoms with Crippen molar-refractivity contribution in [2.75, 3.05) is 13.6 Å². The topological polar surface area (TPSA) is 20.3 Å². The fourth-order valence-electron chi connectivity index (χ4n) is 4.47. The van der Waals surface area contributed by atoms with E-state index in [2.05, 4.69) is 31.2 Å². The van der Waals surface area contributed by atoms with Gasteiger partial charge in [0.2, 0.25) is 5.91 Å². The first-order valence-corrected chi connectivity index (χ1v) is 11.5. The number of amides is 1. The van der Waals surface area contributed by atoms with Crippen molar-refractivity contribution in [1.29, 1.82) is 0 Å². The predicted octanol–water partition coefficient (Wildman–Crippen LogP) is 6.90. The second-order valence-corrected chi connectivity index (χ2v) is 8.76. The number of hydrogen-bond acceptors (Lipinski definition) is 1. The van der Waals surface area contributed by atoms with Crippen LogP contribution in [0.4, 0.5) is 0 Å². The molecule has 0 heterocycles. The average Bonchev–Trinajstić information content (AvgIpc) is 2.73. The Bertz CT molecular complexity index is 608. The largest absolute Gasteiger partial charge is 0.342 e. The quantitative estimate of drug-likeness (QED) is 0.318. The van der Waals surface area contributed by atoms with Crippen molar-refractivity contribution < 1.29 is 4.79 Å². The number of likely N-dealkylation sites (N-methyl/N-ethyl adjacent to an activating group) is 1. The van der Waals surface area contributed by atoms with Crippen LogP contribution in [0, 0.1) is 5.92 Å². The highest BCUT2D eigenvalue weighted by molar-refractivity contribution is 5.92. The van der Waals surface area contributed by atoms with Crippen molar-refractivity contribution in [3.05, 3.63) is 47.0 Å². The maximum atomic E-state index is 12.1. The van der Waals surface area contributed by atoms with Crippen LogP contribution in [0.1, 0.15) is 95.6 Å². The van der Waals surface area contributed by atoms with Gasteiger partial charge in [-0.15, -0.1) is 0 Å². The fraction of sp³-hybridized carbons (Fsp3) is 0.654. The maximum absolute atomic E-state index is 12.1. The van der Waals surface area contributed by atoms with Gasteiger partial charge >= 0.3 is 0 Å². The number of carbonyl (C=O) groups excluding carboxylic acids is 1. The zero-order chi connectivity index (χ0) is 20.4. The van der Waals surface area contributed by atoms with Crippen LogP contribution in [0.5, 0.6) is 0 Å². The Balaban J connectivity index is 1.73. The minimum atomic E-state index is 0.142. The number of allylic oxidation sites excluding steroid dienone is 1. The van der Waals surface area contributed by atoms with Crippen LogP contribution >= 0.6 is 0 Å². The van der Waals surface area contributed by atoms with Crippen molar-refractivity contribution in [2.24, 2.45) is 5.92 Å². The molecule has 0 aliphatic heterocycles. The summed E-state index contributed by atoms with van der Waals surface area (Å²) in [6.45, 7) is 6.91. The third-order valence-corrected chi connectivity index (χ3v) is 6.59. The van der Waals surface area contributed by atoms with Gasteiger partial charge in [-0.2, -0.15) is 0 Å². The number of rotatable bonds is 10. The van der Waals surface area contributed by atoms with Gasteiger partial charge in [-0.1, -0.05) is 62.9 Å². The lowest BCUT2D eigenvalue weighted by Gasteiger charge is -2.29. The second kappa shape index (κ2) is 12.1. The molecule has 0 N–H and O–H groups in total. The second-order valence-electron chi connectivity index (χ2n) is 8.76. The molecule has 1 aromatic rings. The van der Waals surface area contributed by atoms with Gasteiger partial charge in [-0.25, -0.2) is 0 Å². The van der Waals surface area contributed by atoms with E-state index in [-0.39, 0.29) is 5.91 Å². The van der Waals surface area contributed by atoms with Crippen LogP contribution in [0.15, 0.2) is 35.9 Å². The molecular weight excluding hydrogens is 342 g/mol. The first-order chi connectivity index (χ1) is 13.5. The highest BCUT2D eigenvalue weighted by atomic mass is 16.2. The highest BCUT2D eigenvalue weighted by Crippen LogP contribution is 2.37. The number of hydrogen-bond donors (Lipinski definition) is 0. The fourth-order valence-corrected chi connectivity index (χ4v) is 4.47. The summed E-state index contributed by atoms with van der Waals surface area (Å²) in [5.74, 6) is 1.89. The van der Waals surface area contributed by atoms with Gasteiger partial charge in [0.05, 0.1) is 0 Å². The van der Waals surface area contributed by atoms with E-state index >= 15 is 0 Å². The van der Waals surface area contributed by atoms with E-state index in [0.29, 0.717) is 0 Å². The summed E-state index contributed by atoms with van der Waals surface area (Å²) in [7, 11) is 1.90. The highest BCUT2D eigenvalue weighted by Gasteiger charge is 2.21. The first kappa shape index (κ1) is 22.7. The summed E-state index contributed by atoms with van der Waals surface area (Å²) in [6.07, 6.45) is 15.1. The Kier molecular flexibility index (Phi) is 9.81. The number of aryl methyl sites for hydroxylation is 1.